The second-order valence-corrected chi connectivity index (χ2v) is 5.63. The van der Waals surface area contributed by atoms with Crippen molar-refractivity contribution in [3.63, 3.8) is 0 Å². The van der Waals surface area contributed by atoms with Crippen LogP contribution in [0.5, 0.6) is 0 Å². The summed E-state index contributed by atoms with van der Waals surface area (Å²) in [6.07, 6.45) is 10.9. The Morgan fingerprint density at radius 3 is 3.12 bits per heavy atom. The minimum absolute atomic E-state index is 0.412. The molecule has 0 aromatic carbocycles. The molecule has 3 nitrogen and oxygen atoms in total. The summed E-state index contributed by atoms with van der Waals surface area (Å²) in [4.78, 5) is 0. The van der Waals surface area contributed by atoms with Crippen molar-refractivity contribution in [3.8, 4) is 0 Å². The molecule has 3 unspecified atom stereocenters. The number of H-pyrrole nitrogens is 1. The molecule has 0 radical (unpaired) electrons. The predicted octanol–water partition coefficient (Wildman–Crippen LogP) is 3.28. The van der Waals surface area contributed by atoms with Crippen LogP contribution in [0.1, 0.15) is 57.6 Å². The van der Waals surface area contributed by atoms with E-state index in [-0.39, 0.29) is 0 Å². The highest BCUT2D eigenvalue weighted by molar-refractivity contribution is 5.07. The molecular formula is C14H25N3. The van der Waals surface area contributed by atoms with Crippen LogP contribution in [0.3, 0.4) is 0 Å². The van der Waals surface area contributed by atoms with Gasteiger partial charge in [-0.1, -0.05) is 26.2 Å². The zero-order valence-electron chi connectivity index (χ0n) is 11.1. The highest BCUT2D eigenvalue weighted by Gasteiger charge is 2.18. The standard InChI is InChI=1S/C14H25N3/c1-11-4-3-5-13(8-11)6-7-15-12(2)14-9-16-17-10-14/h9-13,15H,3-8H2,1-2H3,(H,16,17). The van der Waals surface area contributed by atoms with Crippen molar-refractivity contribution in [1.29, 1.82) is 0 Å². The van der Waals surface area contributed by atoms with Crippen molar-refractivity contribution >= 4 is 0 Å². The van der Waals surface area contributed by atoms with Gasteiger partial charge in [0, 0.05) is 17.8 Å². The largest absolute Gasteiger partial charge is 0.310 e. The lowest BCUT2D eigenvalue weighted by molar-refractivity contribution is 0.265. The van der Waals surface area contributed by atoms with Crippen LogP contribution in [-0.4, -0.2) is 16.7 Å². The number of hydrogen-bond acceptors (Lipinski definition) is 2. The van der Waals surface area contributed by atoms with Crippen LogP contribution in [0.15, 0.2) is 12.4 Å². The molecule has 3 heteroatoms. The molecule has 1 aromatic heterocycles. The topological polar surface area (TPSA) is 40.7 Å². The van der Waals surface area contributed by atoms with Crippen molar-refractivity contribution in [3.05, 3.63) is 18.0 Å². The number of nitrogens with one attached hydrogen (secondary N) is 2. The van der Waals surface area contributed by atoms with Crippen molar-refractivity contribution < 1.29 is 0 Å². The van der Waals surface area contributed by atoms with Crippen molar-refractivity contribution in [2.24, 2.45) is 11.8 Å². The van der Waals surface area contributed by atoms with Crippen LogP contribution in [0.4, 0.5) is 0 Å². The number of aromatic amines is 1. The van der Waals surface area contributed by atoms with Crippen LogP contribution in [0.25, 0.3) is 0 Å². The van der Waals surface area contributed by atoms with Crippen LogP contribution in [0.2, 0.25) is 0 Å². The van der Waals surface area contributed by atoms with E-state index in [1.807, 2.05) is 12.4 Å². The van der Waals surface area contributed by atoms with E-state index in [2.05, 4.69) is 29.4 Å². The van der Waals surface area contributed by atoms with Crippen molar-refractivity contribution in [2.45, 2.75) is 52.0 Å². The van der Waals surface area contributed by atoms with E-state index >= 15 is 0 Å². The molecule has 0 saturated heterocycles. The van der Waals surface area contributed by atoms with Crippen LogP contribution < -0.4 is 5.32 Å². The first-order valence-electron chi connectivity index (χ1n) is 6.97. The Balaban J connectivity index is 1.65. The molecule has 2 N–H and O–H groups in total. The van der Waals surface area contributed by atoms with Gasteiger partial charge in [0.15, 0.2) is 0 Å². The fraction of sp³-hybridized carbons (Fsp3) is 0.786. The molecule has 17 heavy (non-hydrogen) atoms. The lowest BCUT2D eigenvalue weighted by Gasteiger charge is -2.27. The highest BCUT2D eigenvalue weighted by Crippen LogP contribution is 2.30. The van der Waals surface area contributed by atoms with Gasteiger partial charge in [0.25, 0.3) is 0 Å². The van der Waals surface area contributed by atoms with Gasteiger partial charge in [-0.25, -0.2) is 0 Å². The molecule has 96 valence electrons. The summed E-state index contributed by atoms with van der Waals surface area (Å²) in [7, 11) is 0. The smallest absolute Gasteiger partial charge is 0.0534 e. The van der Waals surface area contributed by atoms with Gasteiger partial charge in [-0.05, 0) is 38.1 Å². The fourth-order valence-electron chi connectivity index (χ4n) is 2.94. The average molecular weight is 235 g/mol. The van der Waals surface area contributed by atoms with Crippen LogP contribution in [0, 0.1) is 11.8 Å². The summed E-state index contributed by atoms with van der Waals surface area (Å²) in [5, 5.41) is 10.4. The number of rotatable bonds is 5. The third-order valence-corrected chi connectivity index (χ3v) is 4.07. The maximum Gasteiger partial charge on any atom is 0.0534 e. The third kappa shape index (κ3) is 3.84. The van der Waals surface area contributed by atoms with Crippen LogP contribution in [-0.2, 0) is 0 Å². The van der Waals surface area contributed by atoms with Gasteiger partial charge in [0.2, 0.25) is 0 Å². The van der Waals surface area contributed by atoms with E-state index in [9.17, 15) is 0 Å². The van der Waals surface area contributed by atoms with E-state index in [1.165, 1.54) is 37.7 Å². The van der Waals surface area contributed by atoms with Gasteiger partial charge in [0.1, 0.15) is 0 Å². The fourth-order valence-corrected chi connectivity index (χ4v) is 2.94. The Bertz CT molecular complexity index is 307. The molecule has 1 saturated carbocycles. The lowest BCUT2D eigenvalue weighted by atomic mass is 9.81. The first-order chi connectivity index (χ1) is 8.25. The van der Waals surface area contributed by atoms with Gasteiger partial charge < -0.3 is 5.32 Å². The molecule has 1 aliphatic carbocycles. The first kappa shape index (κ1) is 12.6. The van der Waals surface area contributed by atoms with Crippen molar-refractivity contribution in [2.75, 3.05) is 6.54 Å². The molecule has 0 bridgehead atoms. The van der Waals surface area contributed by atoms with Gasteiger partial charge in [-0.15, -0.1) is 0 Å². The highest BCUT2D eigenvalue weighted by atomic mass is 15.1. The minimum atomic E-state index is 0.412. The summed E-state index contributed by atoms with van der Waals surface area (Å²) >= 11 is 0. The maximum atomic E-state index is 3.99. The molecule has 1 fully saturated rings. The number of aromatic nitrogens is 2. The Kier molecular flexibility index (Phi) is 4.60. The minimum Gasteiger partial charge on any atom is -0.310 e. The maximum absolute atomic E-state index is 3.99. The molecule has 3 atom stereocenters. The SMILES string of the molecule is CC1CCCC(CCNC(C)c2cn[nH]c2)C1. The van der Waals surface area contributed by atoms with Crippen LogP contribution >= 0.6 is 0 Å². The van der Waals surface area contributed by atoms with E-state index in [0.29, 0.717) is 6.04 Å². The van der Waals surface area contributed by atoms with Crippen molar-refractivity contribution in [1.82, 2.24) is 15.5 Å². The summed E-state index contributed by atoms with van der Waals surface area (Å²) < 4.78 is 0. The third-order valence-electron chi connectivity index (χ3n) is 4.07. The first-order valence-corrected chi connectivity index (χ1v) is 6.97. The molecule has 0 amide bonds. The second kappa shape index (κ2) is 6.20. The normalized spacial score (nSPS) is 26.9. The van der Waals surface area contributed by atoms with E-state index in [4.69, 9.17) is 0 Å². The van der Waals surface area contributed by atoms with Gasteiger partial charge >= 0.3 is 0 Å². The van der Waals surface area contributed by atoms with E-state index < -0.39 is 0 Å². The second-order valence-electron chi connectivity index (χ2n) is 5.63. The zero-order valence-corrected chi connectivity index (χ0v) is 11.1. The lowest BCUT2D eigenvalue weighted by Crippen LogP contribution is -2.23. The van der Waals surface area contributed by atoms with Gasteiger partial charge in [-0.3, -0.25) is 5.10 Å². The molecule has 1 aliphatic rings. The summed E-state index contributed by atoms with van der Waals surface area (Å²) in [6, 6.07) is 0.412. The summed E-state index contributed by atoms with van der Waals surface area (Å²) in [5.41, 5.74) is 1.25. The Morgan fingerprint density at radius 1 is 1.53 bits per heavy atom. The Hall–Kier alpha value is -0.830. The molecule has 1 heterocycles. The van der Waals surface area contributed by atoms with Gasteiger partial charge in [-0.2, -0.15) is 5.10 Å². The molecule has 2 rings (SSSR count). The van der Waals surface area contributed by atoms with E-state index in [0.717, 1.165) is 18.4 Å². The Morgan fingerprint density at radius 2 is 2.41 bits per heavy atom. The monoisotopic (exact) mass is 235 g/mol. The summed E-state index contributed by atoms with van der Waals surface area (Å²) in [6.45, 7) is 5.73. The van der Waals surface area contributed by atoms with Gasteiger partial charge in [0.05, 0.1) is 6.20 Å². The number of nitrogens with zero attached hydrogens (tertiary/aromatic N) is 1. The number of hydrogen-bond donors (Lipinski definition) is 2. The Labute approximate surface area is 104 Å². The quantitative estimate of drug-likeness (QED) is 0.822. The molecule has 0 aliphatic heterocycles. The molecule has 0 spiro atoms. The zero-order chi connectivity index (χ0) is 12.1. The van der Waals surface area contributed by atoms with E-state index in [1.54, 1.807) is 0 Å². The molecule has 1 aromatic rings. The predicted molar refractivity (Wildman–Crippen MR) is 70.7 cm³/mol. The molecular weight excluding hydrogens is 210 g/mol. The average Bonchev–Trinajstić information content (AvgIpc) is 2.82. The summed E-state index contributed by atoms with van der Waals surface area (Å²) in [5.74, 6) is 1.89.